The van der Waals surface area contributed by atoms with Crippen LogP contribution in [0.4, 0.5) is 0 Å². The molecule has 0 saturated heterocycles. The van der Waals surface area contributed by atoms with E-state index in [1.54, 1.807) is 4.90 Å². The number of aryl methyl sites for hydroxylation is 3. The monoisotopic (exact) mass is 394 g/mol. The van der Waals surface area contributed by atoms with Crippen molar-refractivity contribution in [2.45, 2.75) is 27.2 Å². The number of thiazole rings is 1. The molecule has 5 heteroatoms. The highest BCUT2D eigenvalue weighted by Gasteiger charge is 2.22. The molecule has 0 saturated carbocycles. The third-order valence-corrected chi connectivity index (χ3v) is 5.95. The van der Waals surface area contributed by atoms with Gasteiger partial charge in [-0.2, -0.15) is 0 Å². The van der Waals surface area contributed by atoms with E-state index < -0.39 is 0 Å². The van der Waals surface area contributed by atoms with Gasteiger partial charge in [-0.25, -0.2) is 4.98 Å². The lowest BCUT2D eigenvalue weighted by atomic mass is 10.1. The van der Waals surface area contributed by atoms with E-state index in [-0.39, 0.29) is 12.5 Å². The standard InChI is InChI=1S/C23H26N2O2S/c1-16-9-10-20(17(2)15-16)22-24-18(3)21(28-22)23(27)25(13-14-26)12-11-19-7-5-4-6-8-19/h4-10,15,26H,11-14H2,1-3H3. The highest BCUT2D eigenvalue weighted by atomic mass is 32.1. The molecule has 0 aliphatic rings. The van der Waals surface area contributed by atoms with Gasteiger partial charge < -0.3 is 10.0 Å². The first-order chi connectivity index (χ1) is 13.5. The number of benzene rings is 2. The van der Waals surface area contributed by atoms with Crippen molar-refractivity contribution in [3.63, 3.8) is 0 Å². The molecular formula is C23H26N2O2S. The molecule has 3 aromatic rings. The van der Waals surface area contributed by atoms with Crippen LogP contribution in [0.5, 0.6) is 0 Å². The first-order valence-electron chi connectivity index (χ1n) is 9.48. The minimum absolute atomic E-state index is 0.0533. The zero-order chi connectivity index (χ0) is 20.1. The topological polar surface area (TPSA) is 53.4 Å². The molecule has 0 aliphatic heterocycles. The fraction of sp³-hybridized carbons (Fsp3) is 0.304. The van der Waals surface area contributed by atoms with Crippen LogP contribution in [-0.2, 0) is 6.42 Å². The van der Waals surface area contributed by atoms with Crippen molar-refractivity contribution < 1.29 is 9.90 Å². The summed E-state index contributed by atoms with van der Waals surface area (Å²) in [5.74, 6) is -0.0593. The average molecular weight is 395 g/mol. The van der Waals surface area contributed by atoms with E-state index >= 15 is 0 Å². The molecule has 1 N–H and O–H groups in total. The summed E-state index contributed by atoms with van der Waals surface area (Å²) in [7, 11) is 0. The molecule has 1 aromatic heterocycles. The van der Waals surface area contributed by atoms with E-state index in [1.807, 2.05) is 25.1 Å². The summed E-state index contributed by atoms with van der Waals surface area (Å²) in [6, 6.07) is 16.3. The molecule has 3 rings (SSSR count). The summed E-state index contributed by atoms with van der Waals surface area (Å²) in [6.07, 6.45) is 0.758. The van der Waals surface area contributed by atoms with Gasteiger partial charge in [-0.3, -0.25) is 4.79 Å². The van der Waals surface area contributed by atoms with Gasteiger partial charge in [-0.1, -0.05) is 54.1 Å². The first kappa shape index (κ1) is 20.2. The number of amides is 1. The van der Waals surface area contributed by atoms with Crippen LogP contribution in [0.25, 0.3) is 10.6 Å². The summed E-state index contributed by atoms with van der Waals surface area (Å²) in [6.45, 7) is 6.85. The summed E-state index contributed by atoms with van der Waals surface area (Å²) in [5.41, 5.74) is 5.35. The molecule has 0 atom stereocenters. The number of rotatable bonds is 7. The maximum atomic E-state index is 13.1. The lowest BCUT2D eigenvalue weighted by molar-refractivity contribution is 0.0728. The van der Waals surface area contributed by atoms with Gasteiger partial charge in [0, 0.05) is 18.7 Å². The zero-order valence-corrected chi connectivity index (χ0v) is 17.4. The maximum absolute atomic E-state index is 13.1. The first-order valence-corrected chi connectivity index (χ1v) is 10.3. The van der Waals surface area contributed by atoms with Crippen LogP contribution in [0.1, 0.15) is 32.1 Å². The van der Waals surface area contributed by atoms with Gasteiger partial charge in [0.15, 0.2) is 0 Å². The quantitative estimate of drug-likeness (QED) is 0.646. The van der Waals surface area contributed by atoms with E-state index in [9.17, 15) is 9.90 Å². The Morgan fingerprint density at radius 2 is 1.82 bits per heavy atom. The van der Waals surface area contributed by atoms with Gasteiger partial charge in [-0.05, 0) is 38.3 Å². The second-order valence-corrected chi connectivity index (χ2v) is 8.00. The Kier molecular flexibility index (Phi) is 6.60. The van der Waals surface area contributed by atoms with E-state index in [4.69, 9.17) is 0 Å². The fourth-order valence-electron chi connectivity index (χ4n) is 3.25. The highest BCUT2D eigenvalue weighted by Crippen LogP contribution is 2.31. The second kappa shape index (κ2) is 9.13. The predicted molar refractivity (Wildman–Crippen MR) is 115 cm³/mol. The predicted octanol–water partition coefficient (Wildman–Crippen LogP) is 4.41. The molecule has 1 amide bonds. The minimum atomic E-state index is -0.0593. The molecule has 0 unspecified atom stereocenters. The largest absolute Gasteiger partial charge is 0.395 e. The third-order valence-electron chi connectivity index (χ3n) is 4.77. The third kappa shape index (κ3) is 4.66. The molecule has 1 heterocycles. The van der Waals surface area contributed by atoms with Crippen LogP contribution in [0.2, 0.25) is 0 Å². The zero-order valence-electron chi connectivity index (χ0n) is 16.6. The number of carbonyl (C=O) groups excluding carboxylic acids is 1. The number of hydrogen-bond acceptors (Lipinski definition) is 4. The van der Waals surface area contributed by atoms with Crippen LogP contribution in [-0.4, -0.2) is 40.6 Å². The van der Waals surface area contributed by atoms with Gasteiger partial charge in [0.1, 0.15) is 9.88 Å². The fourth-order valence-corrected chi connectivity index (χ4v) is 4.38. The maximum Gasteiger partial charge on any atom is 0.265 e. The van der Waals surface area contributed by atoms with Crippen molar-refractivity contribution in [3.8, 4) is 10.6 Å². The van der Waals surface area contributed by atoms with Crippen molar-refractivity contribution in [2.75, 3.05) is 19.7 Å². The molecule has 0 radical (unpaired) electrons. The Balaban J connectivity index is 1.82. The molecular weight excluding hydrogens is 368 g/mol. The number of aliphatic hydroxyl groups excluding tert-OH is 1. The average Bonchev–Trinajstić information content (AvgIpc) is 3.06. The van der Waals surface area contributed by atoms with E-state index in [0.717, 1.165) is 28.2 Å². The molecule has 0 spiro atoms. The second-order valence-electron chi connectivity index (χ2n) is 7.00. The highest BCUT2D eigenvalue weighted by molar-refractivity contribution is 7.17. The van der Waals surface area contributed by atoms with E-state index in [0.29, 0.717) is 18.0 Å². The molecule has 0 aliphatic carbocycles. The Morgan fingerprint density at radius 1 is 1.07 bits per heavy atom. The van der Waals surface area contributed by atoms with Gasteiger partial charge in [0.05, 0.1) is 12.3 Å². The number of carbonyl (C=O) groups is 1. The molecule has 0 fully saturated rings. The van der Waals surface area contributed by atoms with Crippen LogP contribution in [0.3, 0.4) is 0 Å². The number of aromatic nitrogens is 1. The molecule has 4 nitrogen and oxygen atoms in total. The van der Waals surface area contributed by atoms with Crippen molar-refractivity contribution in [1.29, 1.82) is 0 Å². The van der Waals surface area contributed by atoms with Crippen LogP contribution < -0.4 is 0 Å². The number of hydrogen-bond donors (Lipinski definition) is 1. The van der Waals surface area contributed by atoms with Crippen LogP contribution in [0, 0.1) is 20.8 Å². The smallest absolute Gasteiger partial charge is 0.265 e. The van der Waals surface area contributed by atoms with E-state index in [2.05, 4.69) is 49.2 Å². The van der Waals surface area contributed by atoms with E-state index in [1.165, 1.54) is 22.5 Å². The molecule has 28 heavy (non-hydrogen) atoms. The van der Waals surface area contributed by atoms with Gasteiger partial charge >= 0.3 is 0 Å². The van der Waals surface area contributed by atoms with Gasteiger partial charge in [-0.15, -0.1) is 11.3 Å². The van der Waals surface area contributed by atoms with Crippen LogP contribution >= 0.6 is 11.3 Å². The Bertz CT molecular complexity index is 950. The normalized spacial score (nSPS) is 10.9. The lowest BCUT2D eigenvalue weighted by Gasteiger charge is -2.21. The van der Waals surface area contributed by atoms with Gasteiger partial charge in [0.2, 0.25) is 0 Å². The minimum Gasteiger partial charge on any atom is -0.395 e. The van der Waals surface area contributed by atoms with Crippen LogP contribution in [0.15, 0.2) is 48.5 Å². The van der Waals surface area contributed by atoms with Crippen molar-refractivity contribution in [1.82, 2.24) is 9.88 Å². The van der Waals surface area contributed by atoms with Crippen molar-refractivity contribution >= 4 is 17.2 Å². The number of nitrogens with zero attached hydrogens (tertiary/aromatic N) is 2. The van der Waals surface area contributed by atoms with Crippen molar-refractivity contribution in [3.05, 3.63) is 75.8 Å². The summed E-state index contributed by atoms with van der Waals surface area (Å²) in [4.78, 5) is 20.2. The number of aliphatic hydroxyl groups is 1. The molecule has 0 bridgehead atoms. The van der Waals surface area contributed by atoms with Gasteiger partial charge in [0.25, 0.3) is 5.91 Å². The molecule has 2 aromatic carbocycles. The summed E-state index contributed by atoms with van der Waals surface area (Å²) < 4.78 is 0. The molecule has 146 valence electrons. The SMILES string of the molecule is Cc1ccc(-c2nc(C)c(C(=O)N(CCO)CCc3ccccc3)s2)c(C)c1. The van der Waals surface area contributed by atoms with Crippen molar-refractivity contribution in [2.24, 2.45) is 0 Å². The lowest BCUT2D eigenvalue weighted by Crippen LogP contribution is -2.35. The summed E-state index contributed by atoms with van der Waals surface area (Å²) in [5, 5.41) is 10.3. The Morgan fingerprint density at radius 3 is 2.50 bits per heavy atom. The Hall–Kier alpha value is -2.50. The Labute approximate surface area is 170 Å². The summed E-state index contributed by atoms with van der Waals surface area (Å²) >= 11 is 1.43.